The summed E-state index contributed by atoms with van der Waals surface area (Å²) in [4.78, 5) is 11.8. The standard InChI is InChI=1S/C16H28N4/c1-6-13-9-7-8-10-20(13)15-17-12(2)11-14(18-15)19-16(3,4)5/h11,13H,6-10H2,1-5H3,(H,17,18,19). The van der Waals surface area contributed by atoms with Crippen LogP contribution in [0.3, 0.4) is 0 Å². The van der Waals surface area contributed by atoms with Gasteiger partial charge < -0.3 is 10.2 Å². The fourth-order valence-electron chi connectivity index (χ4n) is 2.82. The van der Waals surface area contributed by atoms with E-state index in [1.165, 1.54) is 25.7 Å². The summed E-state index contributed by atoms with van der Waals surface area (Å²) in [5.74, 6) is 1.82. The Balaban J connectivity index is 2.26. The molecule has 0 saturated carbocycles. The molecule has 1 aromatic rings. The minimum atomic E-state index is 0.0180. The zero-order chi connectivity index (χ0) is 14.8. The van der Waals surface area contributed by atoms with Gasteiger partial charge >= 0.3 is 0 Å². The van der Waals surface area contributed by atoms with Crippen molar-refractivity contribution in [2.45, 2.75) is 71.9 Å². The number of rotatable bonds is 3. The van der Waals surface area contributed by atoms with Crippen LogP contribution in [-0.4, -0.2) is 28.1 Å². The minimum absolute atomic E-state index is 0.0180. The summed E-state index contributed by atoms with van der Waals surface area (Å²) in [6, 6.07) is 2.62. The van der Waals surface area contributed by atoms with Crippen molar-refractivity contribution in [2.75, 3.05) is 16.8 Å². The highest BCUT2D eigenvalue weighted by atomic mass is 15.3. The first kappa shape index (κ1) is 15.1. The second-order valence-corrected chi connectivity index (χ2v) is 6.82. The van der Waals surface area contributed by atoms with Crippen molar-refractivity contribution in [3.8, 4) is 0 Å². The molecule has 1 aliphatic heterocycles. The van der Waals surface area contributed by atoms with Crippen LogP contribution in [0.2, 0.25) is 0 Å². The van der Waals surface area contributed by atoms with Crippen molar-refractivity contribution < 1.29 is 0 Å². The fraction of sp³-hybridized carbons (Fsp3) is 0.750. The summed E-state index contributed by atoms with van der Waals surface area (Å²) in [6.45, 7) is 11.8. The lowest BCUT2D eigenvalue weighted by atomic mass is 10.0. The lowest BCUT2D eigenvalue weighted by Crippen LogP contribution is -2.40. The van der Waals surface area contributed by atoms with E-state index in [0.717, 1.165) is 24.0 Å². The highest BCUT2D eigenvalue weighted by Gasteiger charge is 2.24. The van der Waals surface area contributed by atoms with E-state index in [9.17, 15) is 0 Å². The molecule has 2 heterocycles. The maximum absolute atomic E-state index is 4.74. The number of nitrogens with zero attached hydrogens (tertiary/aromatic N) is 3. The van der Waals surface area contributed by atoms with Gasteiger partial charge in [-0.1, -0.05) is 6.92 Å². The monoisotopic (exact) mass is 276 g/mol. The van der Waals surface area contributed by atoms with Crippen LogP contribution in [0.5, 0.6) is 0 Å². The van der Waals surface area contributed by atoms with Crippen LogP contribution in [0, 0.1) is 6.92 Å². The van der Waals surface area contributed by atoms with Crippen LogP contribution in [-0.2, 0) is 0 Å². The summed E-state index contributed by atoms with van der Waals surface area (Å²) >= 11 is 0. The highest BCUT2D eigenvalue weighted by Crippen LogP contribution is 2.25. The Morgan fingerprint density at radius 3 is 2.70 bits per heavy atom. The molecule has 2 rings (SSSR count). The quantitative estimate of drug-likeness (QED) is 0.912. The third-order valence-electron chi connectivity index (χ3n) is 3.70. The Morgan fingerprint density at radius 1 is 1.30 bits per heavy atom. The normalized spacial score (nSPS) is 20.1. The number of hydrogen-bond donors (Lipinski definition) is 1. The second-order valence-electron chi connectivity index (χ2n) is 6.82. The van der Waals surface area contributed by atoms with Gasteiger partial charge in [0.05, 0.1) is 0 Å². The molecule has 1 N–H and O–H groups in total. The molecule has 1 saturated heterocycles. The van der Waals surface area contributed by atoms with Gasteiger partial charge in [-0.2, -0.15) is 4.98 Å². The van der Waals surface area contributed by atoms with Crippen LogP contribution < -0.4 is 10.2 Å². The van der Waals surface area contributed by atoms with E-state index in [4.69, 9.17) is 4.98 Å². The number of aryl methyl sites for hydroxylation is 1. The SMILES string of the molecule is CCC1CCCCN1c1nc(C)cc(NC(C)(C)C)n1. The van der Waals surface area contributed by atoms with Crippen molar-refractivity contribution >= 4 is 11.8 Å². The average molecular weight is 276 g/mol. The summed E-state index contributed by atoms with van der Waals surface area (Å²) in [6.07, 6.45) is 5.00. The zero-order valence-corrected chi connectivity index (χ0v) is 13.5. The third-order valence-corrected chi connectivity index (χ3v) is 3.70. The number of piperidine rings is 1. The Bertz CT molecular complexity index is 450. The van der Waals surface area contributed by atoms with E-state index in [1.54, 1.807) is 0 Å². The predicted molar refractivity (Wildman–Crippen MR) is 85.4 cm³/mol. The van der Waals surface area contributed by atoms with E-state index in [1.807, 2.05) is 13.0 Å². The molecule has 1 aliphatic rings. The number of hydrogen-bond acceptors (Lipinski definition) is 4. The summed E-state index contributed by atoms with van der Waals surface area (Å²) in [5, 5.41) is 3.46. The molecule has 0 bridgehead atoms. The van der Waals surface area contributed by atoms with Gasteiger partial charge in [0, 0.05) is 29.9 Å². The Morgan fingerprint density at radius 2 is 2.05 bits per heavy atom. The smallest absolute Gasteiger partial charge is 0.227 e. The predicted octanol–water partition coefficient (Wildman–Crippen LogP) is 3.76. The van der Waals surface area contributed by atoms with E-state index < -0.39 is 0 Å². The minimum Gasteiger partial charge on any atom is -0.365 e. The van der Waals surface area contributed by atoms with Gasteiger partial charge in [-0.25, -0.2) is 4.98 Å². The first-order chi connectivity index (χ1) is 9.39. The number of anilines is 2. The van der Waals surface area contributed by atoms with E-state index in [-0.39, 0.29) is 5.54 Å². The third kappa shape index (κ3) is 3.84. The molecular formula is C16H28N4. The molecule has 20 heavy (non-hydrogen) atoms. The largest absolute Gasteiger partial charge is 0.365 e. The Kier molecular flexibility index (Phi) is 4.51. The fourth-order valence-corrected chi connectivity index (χ4v) is 2.82. The van der Waals surface area contributed by atoms with Gasteiger partial charge in [0.15, 0.2) is 0 Å². The molecule has 1 atom stereocenters. The van der Waals surface area contributed by atoms with Crippen LogP contribution in [0.15, 0.2) is 6.07 Å². The molecule has 4 heteroatoms. The molecule has 4 nitrogen and oxygen atoms in total. The molecule has 0 aliphatic carbocycles. The molecule has 0 spiro atoms. The van der Waals surface area contributed by atoms with Gasteiger partial charge in [-0.15, -0.1) is 0 Å². The Hall–Kier alpha value is -1.32. The van der Waals surface area contributed by atoms with Gasteiger partial charge in [0.1, 0.15) is 5.82 Å². The number of aromatic nitrogens is 2. The van der Waals surface area contributed by atoms with Crippen molar-refractivity contribution in [3.63, 3.8) is 0 Å². The average Bonchev–Trinajstić information content (AvgIpc) is 2.36. The van der Waals surface area contributed by atoms with E-state index in [0.29, 0.717) is 6.04 Å². The maximum Gasteiger partial charge on any atom is 0.227 e. The van der Waals surface area contributed by atoms with Gasteiger partial charge in [0.2, 0.25) is 5.95 Å². The van der Waals surface area contributed by atoms with Gasteiger partial charge in [0.25, 0.3) is 0 Å². The molecule has 0 radical (unpaired) electrons. The van der Waals surface area contributed by atoms with Crippen LogP contribution in [0.1, 0.15) is 59.1 Å². The maximum atomic E-state index is 4.74. The first-order valence-electron chi connectivity index (χ1n) is 7.79. The lowest BCUT2D eigenvalue weighted by Gasteiger charge is -2.35. The molecule has 112 valence electrons. The molecular weight excluding hydrogens is 248 g/mol. The van der Waals surface area contributed by atoms with Crippen molar-refractivity contribution in [2.24, 2.45) is 0 Å². The van der Waals surface area contributed by atoms with Crippen LogP contribution in [0.4, 0.5) is 11.8 Å². The van der Waals surface area contributed by atoms with Gasteiger partial charge in [-0.3, -0.25) is 0 Å². The molecule has 0 amide bonds. The second kappa shape index (κ2) is 5.98. The molecule has 1 aromatic heterocycles. The topological polar surface area (TPSA) is 41.1 Å². The van der Waals surface area contributed by atoms with Crippen molar-refractivity contribution in [3.05, 3.63) is 11.8 Å². The first-order valence-corrected chi connectivity index (χ1v) is 7.79. The van der Waals surface area contributed by atoms with Crippen molar-refractivity contribution in [1.29, 1.82) is 0 Å². The molecule has 1 fully saturated rings. The zero-order valence-electron chi connectivity index (χ0n) is 13.5. The van der Waals surface area contributed by atoms with E-state index >= 15 is 0 Å². The Labute approximate surface area is 123 Å². The summed E-state index contributed by atoms with van der Waals surface area (Å²) in [7, 11) is 0. The molecule has 0 aromatic carbocycles. The van der Waals surface area contributed by atoms with Crippen LogP contribution >= 0.6 is 0 Å². The highest BCUT2D eigenvalue weighted by molar-refractivity contribution is 5.45. The molecule has 1 unspecified atom stereocenters. The number of nitrogens with one attached hydrogen (secondary N) is 1. The summed E-state index contributed by atoms with van der Waals surface area (Å²) < 4.78 is 0. The van der Waals surface area contributed by atoms with Crippen molar-refractivity contribution in [1.82, 2.24) is 9.97 Å². The van der Waals surface area contributed by atoms with Crippen LogP contribution in [0.25, 0.3) is 0 Å². The van der Waals surface area contributed by atoms with Gasteiger partial charge in [-0.05, 0) is 53.4 Å². The van der Waals surface area contributed by atoms with E-state index in [2.05, 4.69) is 42.9 Å². The lowest BCUT2D eigenvalue weighted by molar-refractivity contribution is 0.443. The summed E-state index contributed by atoms with van der Waals surface area (Å²) in [5.41, 5.74) is 1.05.